The molecule has 0 spiro atoms. The highest BCUT2D eigenvalue weighted by molar-refractivity contribution is 5.78. The summed E-state index contributed by atoms with van der Waals surface area (Å²) in [5, 5.41) is 0. The summed E-state index contributed by atoms with van der Waals surface area (Å²) in [6.45, 7) is 8.39. The molecule has 1 aliphatic carbocycles. The van der Waals surface area contributed by atoms with E-state index in [9.17, 15) is 4.79 Å². The van der Waals surface area contributed by atoms with Crippen LogP contribution in [0.25, 0.3) is 0 Å². The predicted octanol–water partition coefficient (Wildman–Crippen LogP) is 2.43. The Morgan fingerprint density at radius 3 is 2.78 bits per heavy atom. The topological polar surface area (TPSA) is 23.6 Å². The summed E-state index contributed by atoms with van der Waals surface area (Å²) in [6, 6.07) is 1.12. The van der Waals surface area contributed by atoms with Crippen LogP contribution in [0, 0.1) is 0 Å². The summed E-state index contributed by atoms with van der Waals surface area (Å²) in [6.07, 6.45) is 9.15. The van der Waals surface area contributed by atoms with Gasteiger partial charge in [-0.15, -0.1) is 6.58 Å². The lowest BCUT2D eigenvalue weighted by Gasteiger charge is -2.36. The van der Waals surface area contributed by atoms with Crippen molar-refractivity contribution in [1.82, 2.24) is 9.80 Å². The number of carbonyl (C=O) groups excluding carboxylic acids is 1. The van der Waals surface area contributed by atoms with Crippen molar-refractivity contribution in [3.05, 3.63) is 12.7 Å². The summed E-state index contributed by atoms with van der Waals surface area (Å²) in [4.78, 5) is 16.9. The maximum atomic E-state index is 12.4. The number of nitrogens with zero attached hydrogens (tertiary/aromatic N) is 2. The molecule has 1 heterocycles. The van der Waals surface area contributed by atoms with E-state index in [1.165, 1.54) is 32.1 Å². The smallest absolute Gasteiger partial charge is 0.237 e. The first-order valence-corrected chi connectivity index (χ1v) is 7.40. The van der Waals surface area contributed by atoms with E-state index in [1.54, 1.807) is 0 Å². The fourth-order valence-electron chi connectivity index (χ4n) is 2.97. The zero-order valence-corrected chi connectivity index (χ0v) is 11.6. The number of amides is 1. The Balaban J connectivity index is 1.90. The van der Waals surface area contributed by atoms with E-state index in [4.69, 9.17) is 0 Å². The Morgan fingerprint density at radius 1 is 1.39 bits per heavy atom. The van der Waals surface area contributed by atoms with E-state index in [0.717, 1.165) is 19.5 Å². The minimum absolute atomic E-state index is 0.329. The van der Waals surface area contributed by atoms with Crippen molar-refractivity contribution < 1.29 is 4.79 Å². The Morgan fingerprint density at radius 2 is 2.17 bits per heavy atom. The number of rotatable bonds is 6. The van der Waals surface area contributed by atoms with Crippen LogP contribution < -0.4 is 0 Å². The molecular formula is C15H26N2O. The maximum Gasteiger partial charge on any atom is 0.237 e. The molecule has 2 rings (SSSR count). The van der Waals surface area contributed by atoms with E-state index in [0.29, 0.717) is 24.5 Å². The molecule has 0 radical (unpaired) electrons. The van der Waals surface area contributed by atoms with Crippen molar-refractivity contribution in [2.24, 2.45) is 0 Å². The molecule has 3 heteroatoms. The fraction of sp³-hybridized carbons (Fsp3) is 0.800. The second kappa shape index (κ2) is 6.37. The molecule has 0 N–H and O–H groups in total. The lowest BCUT2D eigenvalue weighted by molar-refractivity contribution is -0.136. The zero-order valence-electron chi connectivity index (χ0n) is 11.6. The Hall–Kier alpha value is -0.830. The normalized spacial score (nSPS) is 24.3. The molecule has 1 saturated heterocycles. The SMILES string of the molecule is C=CCN(CC(=O)N1CCCC[C@H]1CC)C1CC1. The van der Waals surface area contributed by atoms with Crippen LogP contribution in [0.1, 0.15) is 45.4 Å². The second-order valence-electron chi connectivity index (χ2n) is 5.59. The van der Waals surface area contributed by atoms with Gasteiger partial charge in [0.05, 0.1) is 6.54 Å². The third kappa shape index (κ3) is 3.35. The molecule has 0 aromatic heterocycles. The van der Waals surface area contributed by atoms with Gasteiger partial charge in [-0.3, -0.25) is 9.69 Å². The summed E-state index contributed by atoms with van der Waals surface area (Å²) >= 11 is 0. The van der Waals surface area contributed by atoms with Gasteiger partial charge in [-0.25, -0.2) is 0 Å². The quantitative estimate of drug-likeness (QED) is 0.676. The van der Waals surface area contributed by atoms with Crippen LogP contribution in [-0.4, -0.2) is 47.4 Å². The number of piperidine rings is 1. The molecule has 3 nitrogen and oxygen atoms in total. The standard InChI is InChI=1S/C15H26N2O/c1-3-10-16(14-8-9-14)12-15(18)17-11-6-5-7-13(17)4-2/h3,13-14H,1,4-12H2,2H3/t13-/m1/s1. The van der Waals surface area contributed by atoms with Gasteiger partial charge in [0.1, 0.15) is 0 Å². The van der Waals surface area contributed by atoms with Crippen molar-refractivity contribution in [3.8, 4) is 0 Å². The van der Waals surface area contributed by atoms with Gasteiger partial charge >= 0.3 is 0 Å². The van der Waals surface area contributed by atoms with Crippen LogP contribution in [0.15, 0.2) is 12.7 Å². The fourth-order valence-corrected chi connectivity index (χ4v) is 2.97. The van der Waals surface area contributed by atoms with Crippen LogP contribution in [0.4, 0.5) is 0 Å². The average molecular weight is 250 g/mol. The van der Waals surface area contributed by atoms with Crippen molar-refractivity contribution >= 4 is 5.91 Å². The van der Waals surface area contributed by atoms with Gasteiger partial charge in [0.15, 0.2) is 0 Å². The van der Waals surface area contributed by atoms with Gasteiger partial charge < -0.3 is 4.90 Å². The van der Waals surface area contributed by atoms with Crippen LogP contribution in [0.5, 0.6) is 0 Å². The van der Waals surface area contributed by atoms with Crippen LogP contribution >= 0.6 is 0 Å². The van der Waals surface area contributed by atoms with Crippen LogP contribution in [0.3, 0.4) is 0 Å². The first-order chi connectivity index (χ1) is 8.76. The molecule has 1 saturated carbocycles. The third-order valence-corrected chi connectivity index (χ3v) is 4.18. The highest BCUT2D eigenvalue weighted by atomic mass is 16.2. The van der Waals surface area contributed by atoms with Crippen molar-refractivity contribution in [3.63, 3.8) is 0 Å². The summed E-state index contributed by atoms with van der Waals surface area (Å²) in [5.41, 5.74) is 0. The molecule has 18 heavy (non-hydrogen) atoms. The molecule has 0 aromatic carbocycles. The average Bonchev–Trinajstić information content (AvgIpc) is 3.22. The predicted molar refractivity (Wildman–Crippen MR) is 74.4 cm³/mol. The lowest BCUT2D eigenvalue weighted by Crippen LogP contribution is -2.48. The van der Waals surface area contributed by atoms with Gasteiger partial charge in [-0.2, -0.15) is 0 Å². The minimum Gasteiger partial charge on any atom is -0.339 e. The highest BCUT2D eigenvalue weighted by Crippen LogP contribution is 2.27. The third-order valence-electron chi connectivity index (χ3n) is 4.18. The van der Waals surface area contributed by atoms with Gasteiger partial charge in [0.2, 0.25) is 5.91 Å². The molecule has 2 fully saturated rings. The molecule has 102 valence electrons. The van der Waals surface area contributed by atoms with E-state index in [2.05, 4.69) is 23.3 Å². The van der Waals surface area contributed by atoms with Crippen molar-refractivity contribution in [1.29, 1.82) is 0 Å². The molecule has 2 aliphatic rings. The molecule has 1 aliphatic heterocycles. The van der Waals surface area contributed by atoms with E-state index in [1.807, 2.05) is 6.08 Å². The van der Waals surface area contributed by atoms with E-state index >= 15 is 0 Å². The summed E-state index contributed by atoms with van der Waals surface area (Å²) < 4.78 is 0. The largest absolute Gasteiger partial charge is 0.339 e. The van der Waals surface area contributed by atoms with Crippen molar-refractivity contribution in [2.45, 2.75) is 57.5 Å². The van der Waals surface area contributed by atoms with Gasteiger partial charge in [-0.1, -0.05) is 13.0 Å². The lowest BCUT2D eigenvalue weighted by atomic mass is 10.00. The van der Waals surface area contributed by atoms with Gasteiger partial charge in [0, 0.05) is 25.2 Å². The Bertz CT molecular complexity index is 299. The van der Waals surface area contributed by atoms with Gasteiger partial charge in [-0.05, 0) is 38.5 Å². The molecule has 0 unspecified atom stereocenters. The van der Waals surface area contributed by atoms with E-state index < -0.39 is 0 Å². The summed E-state index contributed by atoms with van der Waals surface area (Å²) in [5.74, 6) is 0.329. The second-order valence-corrected chi connectivity index (χ2v) is 5.59. The van der Waals surface area contributed by atoms with Crippen LogP contribution in [-0.2, 0) is 4.79 Å². The molecular weight excluding hydrogens is 224 g/mol. The highest BCUT2D eigenvalue weighted by Gasteiger charge is 2.32. The monoisotopic (exact) mass is 250 g/mol. The number of hydrogen-bond acceptors (Lipinski definition) is 2. The zero-order chi connectivity index (χ0) is 13.0. The summed E-state index contributed by atoms with van der Waals surface area (Å²) in [7, 11) is 0. The maximum absolute atomic E-state index is 12.4. The Labute approximate surface area is 111 Å². The molecule has 1 atom stereocenters. The minimum atomic E-state index is 0.329. The van der Waals surface area contributed by atoms with Gasteiger partial charge in [0.25, 0.3) is 0 Å². The molecule has 0 bridgehead atoms. The van der Waals surface area contributed by atoms with Crippen molar-refractivity contribution in [2.75, 3.05) is 19.6 Å². The molecule has 1 amide bonds. The first kappa shape index (κ1) is 13.6. The first-order valence-electron chi connectivity index (χ1n) is 7.40. The van der Waals surface area contributed by atoms with E-state index in [-0.39, 0.29) is 0 Å². The Kier molecular flexibility index (Phi) is 4.81. The number of carbonyl (C=O) groups is 1. The number of hydrogen-bond donors (Lipinski definition) is 0. The molecule has 0 aromatic rings. The van der Waals surface area contributed by atoms with Crippen LogP contribution in [0.2, 0.25) is 0 Å². The number of likely N-dealkylation sites (tertiary alicyclic amines) is 1.